The van der Waals surface area contributed by atoms with E-state index in [4.69, 9.17) is 0 Å². The Hall–Kier alpha value is -2.48. The molecule has 0 N–H and O–H groups in total. The van der Waals surface area contributed by atoms with Gasteiger partial charge < -0.3 is 0 Å². The number of aliphatic imine (C=N–C) groups is 1. The monoisotopic (exact) mass is 246 g/mol. The van der Waals surface area contributed by atoms with Crippen molar-refractivity contribution in [1.29, 1.82) is 0 Å². The first-order valence-corrected chi connectivity index (χ1v) is 6.25. The van der Waals surface area contributed by atoms with Gasteiger partial charge in [-0.05, 0) is 53.4 Å². The van der Waals surface area contributed by atoms with Crippen molar-refractivity contribution in [2.45, 2.75) is 6.42 Å². The second kappa shape index (κ2) is 5.02. The van der Waals surface area contributed by atoms with Crippen molar-refractivity contribution in [2.75, 3.05) is 0 Å². The Balaban J connectivity index is 2.15. The standard InChI is InChI=1S/C17H14N2/c1-18-8-2-4-13-6-7-14-11-15-5-3-9-19-17(15)12-16(14)10-13/h2-5,7-12H,1,6H2/b8-2-,13-4+. The summed E-state index contributed by atoms with van der Waals surface area (Å²) in [5.41, 5.74) is 2.30. The first-order chi connectivity index (χ1) is 9.36. The second-order valence-corrected chi connectivity index (χ2v) is 4.50. The van der Waals surface area contributed by atoms with Gasteiger partial charge in [0.25, 0.3) is 0 Å². The molecule has 2 aromatic rings. The molecule has 0 amide bonds. The van der Waals surface area contributed by atoms with Gasteiger partial charge in [-0.2, -0.15) is 0 Å². The number of nitrogens with zero attached hydrogens (tertiary/aromatic N) is 2. The summed E-state index contributed by atoms with van der Waals surface area (Å²) in [7, 11) is 0. The van der Waals surface area contributed by atoms with Crippen molar-refractivity contribution in [3.63, 3.8) is 0 Å². The van der Waals surface area contributed by atoms with Crippen molar-refractivity contribution in [3.8, 4) is 0 Å². The predicted octanol–water partition coefficient (Wildman–Crippen LogP) is 2.34. The molecule has 0 atom stereocenters. The van der Waals surface area contributed by atoms with E-state index in [-0.39, 0.29) is 0 Å². The number of pyridine rings is 1. The number of rotatable bonds is 2. The van der Waals surface area contributed by atoms with E-state index in [1.807, 2.05) is 18.3 Å². The lowest BCUT2D eigenvalue weighted by Gasteiger charge is -2.05. The van der Waals surface area contributed by atoms with Crippen LogP contribution in [-0.2, 0) is 0 Å². The van der Waals surface area contributed by atoms with Crippen molar-refractivity contribution < 1.29 is 0 Å². The van der Waals surface area contributed by atoms with Crippen LogP contribution in [0.25, 0.3) is 23.1 Å². The Kier molecular flexibility index (Phi) is 3.07. The van der Waals surface area contributed by atoms with Crippen LogP contribution < -0.4 is 10.4 Å². The van der Waals surface area contributed by atoms with Crippen LogP contribution in [-0.4, -0.2) is 11.7 Å². The Labute approximate surface area is 111 Å². The molecule has 0 saturated carbocycles. The second-order valence-electron chi connectivity index (χ2n) is 4.50. The maximum absolute atomic E-state index is 4.40. The number of aromatic nitrogens is 1. The minimum absolute atomic E-state index is 0.945. The molecule has 0 radical (unpaired) electrons. The minimum atomic E-state index is 0.945. The highest BCUT2D eigenvalue weighted by atomic mass is 14.6. The van der Waals surface area contributed by atoms with Gasteiger partial charge in [-0.15, -0.1) is 0 Å². The quantitative estimate of drug-likeness (QED) is 0.747. The van der Waals surface area contributed by atoms with E-state index < -0.39 is 0 Å². The van der Waals surface area contributed by atoms with Crippen LogP contribution in [0.1, 0.15) is 6.42 Å². The van der Waals surface area contributed by atoms with Gasteiger partial charge in [0, 0.05) is 17.8 Å². The Morgan fingerprint density at radius 3 is 3.11 bits per heavy atom. The van der Waals surface area contributed by atoms with E-state index in [1.165, 1.54) is 21.4 Å². The zero-order valence-electron chi connectivity index (χ0n) is 10.6. The molecule has 0 aliphatic heterocycles. The summed E-state index contributed by atoms with van der Waals surface area (Å²) < 4.78 is 0. The highest BCUT2D eigenvalue weighted by Crippen LogP contribution is 2.10. The molecule has 0 bridgehead atoms. The van der Waals surface area contributed by atoms with Crippen LogP contribution >= 0.6 is 0 Å². The summed E-state index contributed by atoms with van der Waals surface area (Å²) >= 11 is 0. The van der Waals surface area contributed by atoms with Crippen molar-refractivity contribution in [1.82, 2.24) is 4.98 Å². The Morgan fingerprint density at radius 1 is 1.26 bits per heavy atom. The number of hydrogen-bond acceptors (Lipinski definition) is 2. The first-order valence-electron chi connectivity index (χ1n) is 6.25. The molecule has 1 heterocycles. The van der Waals surface area contributed by atoms with Gasteiger partial charge in [0.05, 0.1) is 5.52 Å². The van der Waals surface area contributed by atoms with E-state index in [1.54, 1.807) is 6.20 Å². The number of fused-ring (bicyclic) bond motifs is 2. The third kappa shape index (κ3) is 2.38. The van der Waals surface area contributed by atoms with Crippen molar-refractivity contribution in [3.05, 3.63) is 64.8 Å². The zero-order valence-corrected chi connectivity index (χ0v) is 10.6. The predicted molar refractivity (Wildman–Crippen MR) is 81.3 cm³/mol. The molecule has 1 aliphatic rings. The summed E-state index contributed by atoms with van der Waals surface area (Å²) in [6.07, 6.45) is 12.9. The van der Waals surface area contributed by atoms with Gasteiger partial charge in [0.1, 0.15) is 0 Å². The van der Waals surface area contributed by atoms with Crippen LogP contribution in [0.15, 0.2) is 59.4 Å². The molecule has 0 saturated heterocycles. The fourth-order valence-corrected chi connectivity index (χ4v) is 2.29. The minimum Gasteiger partial charge on any atom is -0.273 e. The topological polar surface area (TPSA) is 25.2 Å². The molecule has 0 unspecified atom stereocenters. The molecule has 1 aromatic carbocycles. The molecule has 0 spiro atoms. The molecule has 3 rings (SSSR count). The van der Waals surface area contributed by atoms with Crippen LogP contribution in [0.4, 0.5) is 0 Å². The van der Waals surface area contributed by atoms with Gasteiger partial charge in [-0.1, -0.05) is 24.3 Å². The summed E-state index contributed by atoms with van der Waals surface area (Å²) in [5, 5.41) is 3.70. The average molecular weight is 246 g/mol. The lowest BCUT2D eigenvalue weighted by Crippen LogP contribution is -2.26. The van der Waals surface area contributed by atoms with Gasteiger partial charge >= 0.3 is 0 Å². The largest absolute Gasteiger partial charge is 0.273 e. The third-order valence-electron chi connectivity index (χ3n) is 3.21. The first kappa shape index (κ1) is 11.6. The van der Waals surface area contributed by atoms with Gasteiger partial charge in [0.2, 0.25) is 0 Å². The number of benzene rings is 1. The molecule has 0 fully saturated rings. The summed E-state index contributed by atoms with van der Waals surface area (Å²) in [5.74, 6) is 0. The maximum atomic E-state index is 4.40. The normalized spacial score (nSPS) is 16.1. The number of allylic oxidation sites excluding steroid dienone is 3. The molecule has 2 nitrogen and oxygen atoms in total. The molecular weight excluding hydrogens is 232 g/mol. The highest BCUT2D eigenvalue weighted by molar-refractivity contribution is 5.79. The highest BCUT2D eigenvalue weighted by Gasteiger charge is 2.00. The fraction of sp³-hybridized carbons (Fsp3) is 0.0588. The Bertz CT molecular complexity index is 811. The number of hydrogen-bond donors (Lipinski definition) is 0. The van der Waals surface area contributed by atoms with E-state index in [9.17, 15) is 0 Å². The lowest BCUT2D eigenvalue weighted by molar-refractivity contribution is 1.32. The van der Waals surface area contributed by atoms with Gasteiger partial charge in [-0.3, -0.25) is 9.98 Å². The van der Waals surface area contributed by atoms with E-state index >= 15 is 0 Å². The van der Waals surface area contributed by atoms with Crippen LogP contribution in [0.2, 0.25) is 0 Å². The smallest absolute Gasteiger partial charge is 0.0708 e. The zero-order chi connectivity index (χ0) is 13.1. The maximum Gasteiger partial charge on any atom is 0.0708 e. The lowest BCUT2D eigenvalue weighted by atomic mass is 10.0. The molecular formula is C17H14N2. The molecule has 92 valence electrons. The molecule has 1 aliphatic carbocycles. The fourth-order valence-electron chi connectivity index (χ4n) is 2.29. The van der Waals surface area contributed by atoms with Gasteiger partial charge in [0.15, 0.2) is 0 Å². The van der Waals surface area contributed by atoms with E-state index in [0.717, 1.165) is 11.9 Å². The molecule has 2 heteroatoms. The van der Waals surface area contributed by atoms with Gasteiger partial charge in [-0.25, -0.2) is 0 Å². The van der Waals surface area contributed by atoms with Crippen LogP contribution in [0, 0.1) is 0 Å². The van der Waals surface area contributed by atoms with Crippen LogP contribution in [0.5, 0.6) is 0 Å². The summed E-state index contributed by atoms with van der Waals surface area (Å²) in [4.78, 5) is 8.10. The van der Waals surface area contributed by atoms with Crippen LogP contribution in [0.3, 0.4) is 0 Å². The third-order valence-corrected chi connectivity index (χ3v) is 3.21. The molecule has 1 aromatic heterocycles. The average Bonchev–Trinajstić information content (AvgIpc) is 2.45. The van der Waals surface area contributed by atoms with Crippen molar-refractivity contribution in [2.24, 2.45) is 4.99 Å². The molecule has 19 heavy (non-hydrogen) atoms. The summed E-state index contributed by atoms with van der Waals surface area (Å²) in [6.45, 7) is 3.42. The SMILES string of the molecule is C=N/C=C\C=C1\C=c2cc3ncccc3cc2=CC1. The summed E-state index contributed by atoms with van der Waals surface area (Å²) in [6, 6.07) is 8.41. The van der Waals surface area contributed by atoms with E-state index in [0.29, 0.717) is 0 Å². The van der Waals surface area contributed by atoms with Crippen molar-refractivity contribution >= 4 is 29.8 Å². The van der Waals surface area contributed by atoms with E-state index in [2.05, 4.69) is 53.1 Å². The Morgan fingerprint density at radius 2 is 2.21 bits per heavy atom.